The number of rotatable bonds is 7. The first-order valence-electron chi connectivity index (χ1n) is 7.41. The SMILES string of the molecule is CCOc1ccccc1C(=O)NC(Cc1ccccc1)C(=O)O. The van der Waals surface area contributed by atoms with E-state index in [2.05, 4.69) is 5.32 Å². The fourth-order valence-electron chi connectivity index (χ4n) is 2.22. The Morgan fingerprint density at radius 2 is 1.74 bits per heavy atom. The summed E-state index contributed by atoms with van der Waals surface area (Å²) in [6.45, 7) is 2.25. The van der Waals surface area contributed by atoms with Gasteiger partial charge in [-0.2, -0.15) is 0 Å². The predicted molar refractivity (Wildman–Crippen MR) is 86.6 cm³/mol. The highest BCUT2D eigenvalue weighted by Gasteiger charge is 2.22. The van der Waals surface area contributed by atoms with Gasteiger partial charge in [0.15, 0.2) is 0 Å². The minimum absolute atomic E-state index is 0.221. The molecular formula is C18H19NO4. The molecule has 2 aromatic carbocycles. The summed E-state index contributed by atoms with van der Waals surface area (Å²) in [6.07, 6.45) is 0.221. The number of nitrogens with one attached hydrogen (secondary N) is 1. The summed E-state index contributed by atoms with van der Waals surface area (Å²) in [5, 5.41) is 11.9. The molecular weight excluding hydrogens is 294 g/mol. The second-order valence-corrected chi connectivity index (χ2v) is 4.98. The highest BCUT2D eigenvalue weighted by Crippen LogP contribution is 2.18. The van der Waals surface area contributed by atoms with Gasteiger partial charge in [-0.3, -0.25) is 4.79 Å². The molecule has 5 nitrogen and oxygen atoms in total. The first-order chi connectivity index (χ1) is 11.1. The predicted octanol–water partition coefficient (Wildman–Crippen LogP) is 2.51. The van der Waals surface area contributed by atoms with Crippen molar-refractivity contribution in [1.29, 1.82) is 0 Å². The summed E-state index contributed by atoms with van der Waals surface area (Å²) >= 11 is 0. The number of hydrogen-bond donors (Lipinski definition) is 2. The molecule has 0 radical (unpaired) electrons. The Morgan fingerprint density at radius 1 is 1.09 bits per heavy atom. The number of aliphatic carboxylic acids is 1. The molecule has 0 saturated heterocycles. The number of benzene rings is 2. The van der Waals surface area contributed by atoms with Gasteiger partial charge in [-0.1, -0.05) is 42.5 Å². The van der Waals surface area contributed by atoms with Crippen LogP contribution in [0.3, 0.4) is 0 Å². The minimum Gasteiger partial charge on any atom is -0.493 e. The molecule has 0 aromatic heterocycles. The van der Waals surface area contributed by atoms with Crippen LogP contribution in [-0.4, -0.2) is 29.6 Å². The van der Waals surface area contributed by atoms with Gasteiger partial charge in [0.05, 0.1) is 12.2 Å². The van der Waals surface area contributed by atoms with E-state index >= 15 is 0 Å². The van der Waals surface area contributed by atoms with Crippen molar-refractivity contribution in [2.75, 3.05) is 6.61 Å². The van der Waals surface area contributed by atoms with Gasteiger partial charge < -0.3 is 15.2 Å². The fourth-order valence-corrected chi connectivity index (χ4v) is 2.22. The molecule has 0 heterocycles. The lowest BCUT2D eigenvalue weighted by Crippen LogP contribution is -2.42. The van der Waals surface area contributed by atoms with Crippen LogP contribution >= 0.6 is 0 Å². The number of para-hydroxylation sites is 1. The summed E-state index contributed by atoms with van der Waals surface area (Å²) in [4.78, 5) is 23.8. The van der Waals surface area contributed by atoms with Crippen LogP contribution in [0.25, 0.3) is 0 Å². The number of hydrogen-bond acceptors (Lipinski definition) is 3. The third-order valence-corrected chi connectivity index (χ3v) is 3.32. The molecule has 0 aliphatic rings. The second-order valence-electron chi connectivity index (χ2n) is 4.98. The van der Waals surface area contributed by atoms with Crippen molar-refractivity contribution in [3.63, 3.8) is 0 Å². The molecule has 0 bridgehead atoms. The summed E-state index contributed by atoms with van der Waals surface area (Å²) < 4.78 is 5.41. The third-order valence-electron chi connectivity index (χ3n) is 3.32. The molecule has 0 aliphatic heterocycles. The van der Waals surface area contributed by atoms with Gasteiger partial charge in [-0.05, 0) is 24.6 Å². The van der Waals surface area contributed by atoms with E-state index in [1.165, 1.54) is 0 Å². The average Bonchev–Trinajstić information content (AvgIpc) is 2.56. The smallest absolute Gasteiger partial charge is 0.326 e. The topological polar surface area (TPSA) is 75.6 Å². The minimum atomic E-state index is -1.07. The van der Waals surface area contributed by atoms with E-state index < -0.39 is 17.9 Å². The number of carboxylic acids is 1. The lowest BCUT2D eigenvalue weighted by Gasteiger charge is -2.16. The van der Waals surface area contributed by atoms with Crippen LogP contribution in [-0.2, 0) is 11.2 Å². The molecule has 120 valence electrons. The molecule has 2 rings (SSSR count). The van der Waals surface area contributed by atoms with E-state index in [1.54, 1.807) is 24.3 Å². The number of amides is 1. The molecule has 0 saturated carbocycles. The number of carbonyl (C=O) groups is 2. The van der Waals surface area contributed by atoms with Crippen LogP contribution in [0, 0.1) is 0 Å². The molecule has 23 heavy (non-hydrogen) atoms. The van der Waals surface area contributed by atoms with Crippen LogP contribution in [0.1, 0.15) is 22.8 Å². The van der Waals surface area contributed by atoms with Crippen LogP contribution < -0.4 is 10.1 Å². The molecule has 0 fully saturated rings. The van der Waals surface area contributed by atoms with E-state index in [0.29, 0.717) is 17.9 Å². The molecule has 1 unspecified atom stereocenters. The summed E-state index contributed by atoms with van der Waals surface area (Å²) in [6, 6.07) is 15.0. The van der Waals surface area contributed by atoms with E-state index in [9.17, 15) is 14.7 Å². The first-order valence-corrected chi connectivity index (χ1v) is 7.41. The van der Waals surface area contributed by atoms with Crippen LogP contribution in [0.15, 0.2) is 54.6 Å². The van der Waals surface area contributed by atoms with Gasteiger partial charge in [-0.25, -0.2) is 4.79 Å². The van der Waals surface area contributed by atoms with Crippen molar-refractivity contribution in [2.24, 2.45) is 0 Å². The van der Waals surface area contributed by atoms with Crippen molar-refractivity contribution < 1.29 is 19.4 Å². The molecule has 1 amide bonds. The van der Waals surface area contributed by atoms with Crippen LogP contribution in [0.5, 0.6) is 5.75 Å². The quantitative estimate of drug-likeness (QED) is 0.823. The van der Waals surface area contributed by atoms with Crippen LogP contribution in [0.4, 0.5) is 0 Å². The largest absolute Gasteiger partial charge is 0.493 e. The summed E-state index contributed by atoms with van der Waals surface area (Å²) in [5.74, 6) is -1.09. The van der Waals surface area contributed by atoms with E-state index in [-0.39, 0.29) is 6.42 Å². The molecule has 2 N–H and O–H groups in total. The molecule has 0 spiro atoms. The van der Waals surface area contributed by atoms with Gasteiger partial charge in [-0.15, -0.1) is 0 Å². The van der Waals surface area contributed by atoms with Crippen molar-refractivity contribution in [2.45, 2.75) is 19.4 Å². The Morgan fingerprint density at radius 3 is 2.39 bits per heavy atom. The number of carboxylic acid groups (broad SMARTS) is 1. The Balaban J connectivity index is 2.14. The third kappa shape index (κ3) is 4.57. The molecule has 0 aliphatic carbocycles. The Bertz CT molecular complexity index is 670. The van der Waals surface area contributed by atoms with Crippen LogP contribution in [0.2, 0.25) is 0 Å². The highest BCUT2D eigenvalue weighted by molar-refractivity contribution is 5.98. The van der Waals surface area contributed by atoms with Crippen molar-refractivity contribution in [3.8, 4) is 5.75 Å². The fraction of sp³-hybridized carbons (Fsp3) is 0.222. The van der Waals surface area contributed by atoms with E-state index in [0.717, 1.165) is 5.56 Å². The lowest BCUT2D eigenvalue weighted by atomic mass is 10.1. The maximum Gasteiger partial charge on any atom is 0.326 e. The first kappa shape index (κ1) is 16.5. The zero-order chi connectivity index (χ0) is 16.7. The van der Waals surface area contributed by atoms with Gasteiger partial charge in [0.1, 0.15) is 11.8 Å². The second kappa shape index (κ2) is 7.98. The van der Waals surface area contributed by atoms with Crippen molar-refractivity contribution in [3.05, 3.63) is 65.7 Å². The molecule has 5 heteroatoms. The maximum atomic E-state index is 12.4. The lowest BCUT2D eigenvalue weighted by molar-refractivity contribution is -0.139. The van der Waals surface area contributed by atoms with Gasteiger partial charge >= 0.3 is 5.97 Å². The molecule has 2 aromatic rings. The Kier molecular flexibility index (Phi) is 5.74. The Hall–Kier alpha value is -2.82. The van der Waals surface area contributed by atoms with E-state index in [1.807, 2.05) is 37.3 Å². The van der Waals surface area contributed by atoms with Gasteiger partial charge in [0.25, 0.3) is 5.91 Å². The highest BCUT2D eigenvalue weighted by atomic mass is 16.5. The van der Waals surface area contributed by atoms with Gasteiger partial charge in [0.2, 0.25) is 0 Å². The summed E-state index contributed by atoms with van der Waals surface area (Å²) in [7, 11) is 0. The normalized spacial score (nSPS) is 11.5. The monoisotopic (exact) mass is 313 g/mol. The van der Waals surface area contributed by atoms with Crippen molar-refractivity contribution >= 4 is 11.9 Å². The average molecular weight is 313 g/mol. The zero-order valence-corrected chi connectivity index (χ0v) is 12.9. The van der Waals surface area contributed by atoms with E-state index in [4.69, 9.17) is 4.74 Å². The molecule has 1 atom stereocenters. The maximum absolute atomic E-state index is 12.4. The summed E-state index contributed by atoms with van der Waals surface area (Å²) in [5.41, 5.74) is 1.17. The number of carbonyl (C=O) groups excluding carboxylic acids is 1. The van der Waals surface area contributed by atoms with Crippen molar-refractivity contribution in [1.82, 2.24) is 5.32 Å². The standard InChI is InChI=1S/C18H19NO4/c1-2-23-16-11-7-6-10-14(16)17(20)19-15(18(21)22)12-13-8-4-3-5-9-13/h3-11,15H,2,12H2,1H3,(H,19,20)(H,21,22). The zero-order valence-electron chi connectivity index (χ0n) is 12.9. The van der Waals surface area contributed by atoms with Gasteiger partial charge in [0, 0.05) is 6.42 Å². The number of ether oxygens (including phenoxy) is 1. The Labute approximate surface area is 134 Å².